The SMILES string of the molecule is CC(C)(C)[Si](OC[C@H]1C[C@@H](O)[C@@H](O)c2cncn21)(c1ccccc1)c1ccccc1. The van der Waals surface area contributed by atoms with Crippen molar-refractivity contribution in [3.05, 3.63) is 78.9 Å². The van der Waals surface area contributed by atoms with Crippen LogP contribution in [0.25, 0.3) is 0 Å². The summed E-state index contributed by atoms with van der Waals surface area (Å²) in [6.45, 7) is 7.20. The molecule has 4 rings (SSSR count). The minimum Gasteiger partial charge on any atom is -0.405 e. The van der Waals surface area contributed by atoms with Crippen LogP contribution < -0.4 is 10.4 Å². The molecule has 3 aromatic rings. The molecule has 3 atom stereocenters. The first-order valence-corrected chi connectivity index (χ1v) is 12.4. The first-order chi connectivity index (χ1) is 14.3. The fourth-order valence-corrected chi connectivity index (χ4v) is 9.30. The molecule has 2 aromatic carbocycles. The molecule has 158 valence electrons. The Morgan fingerprint density at radius 1 is 1.00 bits per heavy atom. The number of nitrogens with zero attached hydrogens (tertiary/aromatic N) is 2. The van der Waals surface area contributed by atoms with E-state index in [0.29, 0.717) is 18.7 Å². The van der Waals surface area contributed by atoms with Crippen LogP contribution in [0.2, 0.25) is 5.04 Å². The molecule has 0 fully saturated rings. The van der Waals surface area contributed by atoms with E-state index < -0.39 is 20.5 Å². The summed E-state index contributed by atoms with van der Waals surface area (Å²) in [5.41, 5.74) is 0.643. The van der Waals surface area contributed by atoms with Crippen molar-refractivity contribution in [3.8, 4) is 0 Å². The summed E-state index contributed by atoms with van der Waals surface area (Å²) in [6.07, 6.45) is 2.06. The lowest BCUT2D eigenvalue weighted by Crippen LogP contribution is -2.67. The van der Waals surface area contributed by atoms with Crippen molar-refractivity contribution in [2.75, 3.05) is 6.61 Å². The Balaban J connectivity index is 1.76. The molecular weight excluding hydrogens is 392 g/mol. The highest BCUT2D eigenvalue weighted by molar-refractivity contribution is 6.99. The zero-order valence-electron chi connectivity index (χ0n) is 17.8. The Morgan fingerprint density at radius 2 is 1.57 bits per heavy atom. The summed E-state index contributed by atoms with van der Waals surface area (Å²) in [5.74, 6) is 0. The summed E-state index contributed by atoms with van der Waals surface area (Å²) in [5, 5.41) is 23.1. The minimum atomic E-state index is -2.65. The van der Waals surface area contributed by atoms with Gasteiger partial charge in [-0.2, -0.15) is 0 Å². The van der Waals surface area contributed by atoms with Crippen LogP contribution in [-0.2, 0) is 4.43 Å². The smallest absolute Gasteiger partial charge is 0.261 e. The molecule has 2 N–H and O–H groups in total. The highest BCUT2D eigenvalue weighted by atomic mass is 28.4. The maximum absolute atomic E-state index is 10.4. The van der Waals surface area contributed by atoms with E-state index in [4.69, 9.17) is 4.43 Å². The molecule has 0 aliphatic carbocycles. The lowest BCUT2D eigenvalue weighted by atomic mass is 9.98. The zero-order valence-corrected chi connectivity index (χ0v) is 18.8. The van der Waals surface area contributed by atoms with Crippen LogP contribution in [0.5, 0.6) is 0 Å². The second-order valence-electron chi connectivity index (χ2n) is 9.10. The monoisotopic (exact) mass is 422 g/mol. The van der Waals surface area contributed by atoms with E-state index >= 15 is 0 Å². The van der Waals surface area contributed by atoms with Crippen molar-refractivity contribution in [3.63, 3.8) is 0 Å². The van der Waals surface area contributed by atoms with Gasteiger partial charge in [-0.1, -0.05) is 81.4 Å². The van der Waals surface area contributed by atoms with E-state index in [-0.39, 0.29) is 11.1 Å². The van der Waals surface area contributed by atoms with Crippen LogP contribution >= 0.6 is 0 Å². The molecule has 5 nitrogen and oxygen atoms in total. The number of rotatable bonds is 5. The average Bonchev–Trinajstić information content (AvgIpc) is 3.23. The van der Waals surface area contributed by atoms with Crippen LogP contribution in [0.15, 0.2) is 73.2 Å². The van der Waals surface area contributed by atoms with Gasteiger partial charge in [0.1, 0.15) is 6.10 Å². The van der Waals surface area contributed by atoms with E-state index in [0.717, 1.165) is 0 Å². The normalized spacial score (nSPS) is 22.0. The van der Waals surface area contributed by atoms with Gasteiger partial charge in [0.05, 0.1) is 37.0 Å². The van der Waals surface area contributed by atoms with E-state index in [1.54, 1.807) is 12.5 Å². The standard InChI is InChI=1S/C24H30N2O3Si/c1-24(2,3)30(19-10-6-4-7-11-19,20-12-8-5-9-13-20)29-16-18-14-22(27)23(28)21-15-25-17-26(18)21/h4-13,15,17-18,22-23,27-28H,14,16H2,1-3H3/t18-,22-,23+/m1/s1. The van der Waals surface area contributed by atoms with Crippen LogP contribution in [-0.4, -0.2) is 40.8 Å². The number of benzene rings is 2. The lowest BCUT2D eigenvalue weighted by Gasteiger charge is -2.44. The third-order valence-electron chi connectivity index (χ3n) is 6.18. The maximum Gasteiger partial charge on any atom is 0.261 e. The van der Waals surface area contributed by atoms with Crippen LogP contribution in [0.3, 0.4) is 0 Å². The number of aliphatic hydroxyl groups is 2. The van der Waals surface area contributed by atoms with E-state index in [1.807, 2.05) is 16.7 Å². The Kier molecular flexibility index (Phi) is 5.68. The van der Waals surface area contributed by atoms with Gasteiger partial charge < -0.3 is 19.2 Å². The third kappa shape index (κ3) is 3.54. The van der Waals surface area contributed by atoms with Gasteiger partial charge in [-0.15, -0.1) is 0 Å². The van der Waals surface area contributed by atoms with Crippen LogP contribution in [0.4, 0.5) is 0 Å². The number of aromatic nitrogens is 2. The largest absolute Gasteiger partial charge is 0.405 e. The molecule has 1 aliphatic heterocycles. The molecule has 1 aliphatic rings. The molecule has 0 bridgehead atoms. The van der Waals surface area contributed by atoms with E-state index in [9.17, 15) is 10.2 Å². The molecule has 0 saturated heterocycles. The fraction of sp³-hybridized carbons (Fsp3) is 0.375. The summed E-state index contributed by atoms with van der Waals surface area (Å²) in [7, 11) is -2.65. The molecule has 6 heteroatoms. The first-order valence-electron chi connectivity index (χ1n) is 10.5. The van der Waals surface area contributed by atoms with Gasteiger partial charge >= 0.3 is 0 Å². The summed E-state index contributed by atoms with van der Waals surface area (Å²) < 4.78 is 8.97. The van der Waals surface area contributed by atoms with Crippen molar-refractivity contribution < 1.29 is 14.6 Å². The fourth-order valence-electron chi connectivity index (χ4n) is 4.70. The lowest BCUT2D eigenvalue weighted by molar-refractivity contribution is -0.0218. The highest BCUT2D eigenvalue weighted by Crippen LogP contribution is 2.39. The van der Waals surface area contributed by atoms with Crippen molar-refractivity contribution in [1.82, 2.24) is 9.55 Å². The molecule has 2 heterocycles. The molecule has 0 amide bonds. The third-order valence-corrected chi connectivity index (χ3v) is 11.2. The molecular formula is C24H30N2O3Si. The zero-order chi connectivity index (χ0) is 21.4. The van der Waals surface area contributed by atoms with Gasteiger partial charge in [-0.25, -0.2) is 4.98 Å². The predicted octanol–water partition coefficient (Wildman–Crippen LogP) is 2.80. The molecule has 0 radical (unpaired) electrons. The average molecular weight is 423 g/mol. The molecule has 1 aromatic heterocycles. The summed E-state index contributed by atoms with van der Waals surface area (Å²) >= 11 is 0. The highest BCUT2D eigenvalue weighted by Gasteiger charge is 2.50. The van der Waals surface area contributed by atoms with Gasteiger partial charge in [-0.05, 0) is 21.8 Å². The number of hydrogen-bond donors (Lipinski definition) is 2. The van der Waals surface area contributed by atoms with Gasteiger partial charge in [0.25, 0.3) is 8.32 Å². The Labute approximate surface area is 179 Å². The van der Waals surface area contributed by atoms with Gasteiger partial charge in [0.2, 0.25) is 0 Å². The molecule has 0 saturated carbocycles. The number of hydrogen-bond acceptors (Lipinski definition) is 4. The van der Waals surface area contributed by atoms with Gasteiger partial charge in [0.15, 0.2) is 0 Å². The quantitative estimate of drug-likeness (QED) is 0.621. The second-order valence-corrected chi connectivity index (χ2v) is 13.4. The van der Waals surface area contributed by atoms with Crippen molar-refractivity contribution in [2.45, 2.75) is 50.5 Å². The molecule has 30 heavy (non-hydrogen) atoms. The Morgan fingerprint density at radius 3 is 2.10 bits per heavy atom. The summed E-state index contributed by atoms with van der Waals surface area (Å²) in [6, 6.07) is 21.0. The topological polar surface area (TPSA) is 67.5 Å². The minimum absolute atomic E-state index is 0.0810. The van der Waals surface area contributed by atoms with Crippen molar-refractivity contribution in [2.24, 2.45) is 0 Å². The molecule has 0 unspecified atom stereocenters. The number of aliphatic hydroxyl groups excluding tert-OH is 2. The van der Waals surface area contributed by atoms with E-state index in [1.165, 1.54) is 10.4 Å². The number of fused-ring (bicyclic) bond motifs is 1. The maximum atomic E-state index is 10.4. The predicted molar refractivity (Wildman–Crippen MR) is 120 cm³/mol. The summed E-state index contributed by atoms with van der Waals surface area (Å²) in [4.78, 5) is 4.20. The Bertz CT molecular complexity index is 929. The second kappa shape index (κ2) is 8.11. The van der Waals surface area contributed by atoms with Crippen LogP contribution in [0, 0.1) is 0 Å². The van der Waals surface area contributed by atoms with E-state index in [2.05, 4.69) is 74.3 Å². The van der Waals surface area contributed by atoms with Crippen molar-refractivity contribution in [1.29, 1.82) is 0 Å². The Hall–Kier alpha value is -2.25. The number of imidazole rings is 1. The van der Waals surface area contributed by atoms with Crippen LogP contribution in [0.1, 0.15) is 45.0 Å². The first kappa shape index (κ1) is 21.0. The van der Waals surface area contributed by atoms with Gasteiger partial charge in [-0.3, -0.25) is 0 Å². The van der Waals surface area contributed by atoms with Gasteiger partial charge in [0, 0.05) is 0 Å². The molecule has 0 spiro atoms. The van der Waals surface area contributed by atoms with Crippen molar-refractivity contribution >= 4 is 18.7 Å².